The van der Waals surface area contributed by atoms with Gasteiger partial charge in [-0.2, -0.15) is 0 Å². The Morgan fingerprint density at radius 1 is 1.28 bits per heavy atom. The van der Waals surface area contributed by atoms with Gasteiger partial charge in [0, 0.05) is 25.5 Å². The molecule has 0 radical (unpaired) electrons. The molecule has 1 aliphatic rings. The molecular weight excluding hydrogens is 320 g/mol. The molecule has 0 atom stereocenters. The topological polar surface area (TPSA) is 69.0 Å². The summed E-state index contributed by atoms with van der Waals surface area (Å²) in [7, 11) is 0. The number of fused-ring (bicyclic) bond motifs is 1. The van der Waals surface area contributed by atoms with Gasteiger partial charge in [0.15, 0.2) is 5.65 Å². The zero-order valence-corrected chi connectivity index (χ0v) is 15.1. The van der Waals surface area contributed by atoms with Crippen LogP contribution < -0.4 is 0 Å². The third-order valence-corrected chi connectivity index (χ3v) is 4.26. The van der Waals surface area contributed by atoms with Gasteiger partial charge in [0.2, 0.25) is 0 Å². The Morgan fingerprint density at radius 3 is 2.76 bits per heavy atom. The van der Waals surface area contributed by atoms with Gasteiger partial charge >= 0.3 is 6.09 Å². The van der Waals surface area contributed by atoms with Crippen LogP contribution in [-0.2, 0) is 16.1 Å². The highest BCUT2D eigenvalue weighted by Crippen LogP contribution is 2.20. The third kappa shape index (κ3) is 4.69. The minimum Gasteiger partial charge on any atom is -0.444 e. The Kier molecular flexibility index (Phi) is 5.22. The maximum Gasteiger partial charge on any atom is 0.410 e. The molecule has 7 nitrogen and oxygen atoms in total. The molecule has 1 aliphatic heterocycles. The molecule has 1 fully saturated rings. The lowest BCUT2D eigenvalue weighted by Gasteiger charge is -2.33. The van der Waals surface area contributed by atoms with Crippen molar-refractivity contribution >= 4 is 11.7 Å². The molecule has 2 aromatic heterocycles. The van der Waals surface area contributed by atoms with Crippen LogP contribution in [0, 0.1) is 5.92 Å². The summed E-state index contributed by atoms with van der Waals surface area (Å²) in [5.41, 5.74) is 1.40. The summed E-state index contributed by atoms with van der Waals surface area (Å²) < 4.78 is 13.3. The van der Waals surface area contributed by atoms with E-state index in [4.69, 9.17) is 9.47 Å². The second-order valence-corrected chi connectivity index (χ2v) is 7.48. The van der Waals surface area contributed by atoms with Crippen LogP contribution in [-0.4, -0.2) is 50.7 Å². The van der Waals surface area contributed by atoms with E-state index in [-0.39, 0.29) is 6.09 Å². The van der Waals surface area contributed by atoms with Gasteiger partial charge in [0.05, 0.1) is 31.3 Å². The summed E-state index contributed by atoms with van der Waals surface area (Å²) in [6.07, 6.45) is 8.85. The fourth-order valence-corrected chi connectivity index (χ4v) is 2.94. The molecule has 0 saturated carbocycles. The van der Waals surface area contributed by atoms with Gasteiger partial charge in [-0.3, -0.25) is 9.38 Å². The van der Waals surface area contributed by atoms with Gasteiger partial charge in [-0.25, -0.2) is 9.78 Å². The minimum atomic E-state index is -0.444. The van der Waals surface area contributed by atoms with Crippen LogP contribution in [0.1, 0.15) is 39.3 Å². The van der Waals surface area contributed by atoms with E-state index in [9.17, 15) is 4.79 Å². The molecule has 1 saturated heterocycles. The lowest BCUT2D eigenvalue weighted by atomic mass is 9.98. The highest BCUT2D eigenvalue weighted by atomic mass is 16.6. The van der Waals surface area contributed by atoms with Crippen molar-refractivity contribution in [3.8, 4) is 0 Å². The van der Waals surface area contributed by atoms with E-state index in [1.807, 2.05) is 37.6 Å². The highest BCUT2D eigenvalue weighted by Gasteiger charge is 2.26. The van der Waals surface area contributed by atoms with Crippen molar-refractivity contribution in [3.05, 3.63) is 30.5 Å². The largest absolute Gasteiger partial charge is 0.444 e. The van der Waals surface area contributed by atoms with Crippen molar-refractivity contribution in [2.45, 2.75) is 45.8 Å². The molecule has 0 aliphatic carbocycles. The zero-order valence-electron chi connectivity index (χ0n) is 15.1. The quantitative estimate of drug-likeness (QED) is 0.851. The Balaban J connectivity index is 1.42. The van der Waals surface area contributed by atoms with Crippen molar-refractivity contribution in [3.63, 3.8) is 0 Å². The number of nitrogens with zero attached hydrogens (tertiary/aromatic N) is 4. The summed E-state index contributed by atoms with van der Waals surface area (Å²) in [4.78, 5) is 22.2. The number of amides is 1. The Hall–Kier alpha value is -2.15. The molecule has 7 heteroatoms. The lowest BCUT2D eigenvalue weighted by Crippen LogP contribution is -2.42. The van der Waals surface area contributed by atoms with E-state index < -0.39 is 5.60 Å². The maximum atomic E-state index is 12.1. The number of ether oxygens (including phenoxy) is 2. The van der Waals surface area contributed by atoms with Gasteiger partial charge in [-0.15, -0.1) is 0 Å². The van der Waals surface area contributed by atoms with Crippen molar-refractivity contribution in [1.82, 2.24) is 19.3 Å². The van der Waals surface area contributed by atoms with E-state index in [0.29, 0.717) is 19.1 Å². The summed E-state index contributed by atoms with van der Waals surface area (Å²) in [6.45, 7) is 8.34. The first-order valence-corrected chi connectivity index (χ1v) is 8.74. The van der Waals surface area contributed by atoms with E-state index in [0.717, 1.165) is 37.3 Å². The molecule has 0 unspecified atom stereocenters. The first kappa shape index (κ1) is 17.7. The molecule has 0 N–H and O–H groups in total. The fraction of sp³-hybridized carbons (Fsp3) is 0.611. The molecule has 1 amide bonds. The second-order valence-electron chi connectivity index (χ2n) is 7.48. The Labute approximate surface area is 148 Å². The lowest BCUT2D eigenvalue weighted by molar-refractivity contribution is 0.0103. The molecule has 136 valence electrons. The average Bonchev–Trinajstić information content (AvgIpc) is 2.97. The molecule has 0 aromatic carbocycles. The molecule has 3 rings (SSSR count). The van der Waals surface area contributed by atoms with Crippen LogP contribution in [0.2, 0.25) is 0 Å². The normalized spacial score (nSPS) is 16.4. The SMILES string of the molecule is CC(C)(C)OC(=O)N1CCC(COCc2cnc3cnccn23)CC1. The number of hydrogen-bond donors (Lipinski definition) is 0. The van der Waals surface area contributed by atoms with Crippen LogP contribution in [0.5, 0.6) is 0 Å². The third-order valence-electron chi connectivity index (χ3n) is 4.26. The van der Waals surface area contributed by atoms with Crippen molar-refractivity contribution in [2.24, 2.45) is 5.92 Å². The molecule has 0 spiro atoms. The number of rotatable bonds is 4. The van der Waals surface area contributed by atoms with Gasteiger partial charge in [-0.05, 0) is 39.5 Å². The van der Waals surface area contributed by atoms with Gasteiger partial charge in [-0.1, -0.05) is 0 Å². The number of piperidine rings is 1. The van der Waals surface area contributed by atoms with Gasteiger partial charge < -0.3 is 14.4 Å². The highest BCUT2D eigenvalue weighted by molar-refractivity contribution is 5.68. The number of hydrogen-bond acceptors (Lipinski definition) is 5. The predicted molar refractivity (Wildman–Crippen MR) is 93.2 cm³/mol. The Morgan fingerprint density at radius 2 is 2.04 bits per heavy atom. The van der Waals surface area contributed by atoms with Crippen LogP contribution in [0.3, 0.4) is 0 Å². The van der Waals surface area contributed by atoms with Crippen molar-refractivity contribution < 1.29 is 14.3 Å². The maximum absolute atomic E-state index is 12.1. The zero-order chi connectivity index (χ0) is 17.9. The second kappa shape index (κ2) is 7.39. The van der Waals surface area contributed by atoms with E-state index in [1.54, 1.807) is 17.3 Å². The van der Waals surface area contributed by atoms with Crippen molar-refractivity contribution in [2.75, 3.05) is 19.7 Å². The molecule has 2 aromatic rings. The number of likely N-dealkylation sites (tertiary alicyclic amines) is 1. The number of carbonyl (C=O) groups excluding carboxylic acids is 1. The minimum absolute atomic E-state index is 0.216. The molecular formula is C18H26N4O3. The summed E-state index contributed by atoms with van der Waals surface area (Å²) in [5, 5.41) is 0. The van der Waals surface area contributed by atoms with Crippen LogP contribution in [0.25, 0.3) is 5.65 Å². The van der Waals surface area contributed by atoms with Gasteiger partial charge in [0.25, 0.3) is 0 Å². The predicted octanol–water partition coefficient (Wildman–Crippen LogP) is 2.89. The average molecular weight is 346 g/mol. The summed E-state index contributed by atoms with van der Waals surface area (Å²) >= 11 is 0. The van der Waals surface area contributed by atoms with Gasteiger partial charge in [0.1, 0.15) is 5.60 Å². The van der Waals surface area contributed by atoms with E-state index in [2.05, 4.69) is 9.97 Å². The van der Waals surface area contributed by atoms with E-state index in [1.165, 1.54) is 0 Å². The first-order valence-electron chi connectivity index (χ1n) is 8.74. The summed E-state index contributed by atoms with van der Waals surface area (Å²) in [5.74, 6) is 0.472. The summed E-state index contributed by atoms with van der Waals surface area (Å²) in [6, 6.07) is 0. The smallest absolute Gasteiger partial charge is 0.410 e. The van der Waals surface area contributed by atoms with E-state index >= 15 is 0 Å². The monoisotopic (exact) mass is 346 g/mol. The molecule has 0 bridgehead atoms. The van der Waals surface area contributed by atoms with Crippen LogP contribution >= 0.6 is 0 Å². The first-order chi connectivity index (χ1) is 11.9. The molecule has 3 heterocycles. The molecule has 25 heavy (non-hydrogen) atoms. The van der Waals surface area contributed by atoms with Crippen LogP contribution in [0.15, 0.2) is 24.8 Å². The van der Waals surface area contributed by atoms with Crippen LogP contribution in [0.4, 0.5) is 4.79 Å². The number of carbonyl (C=O) groups is 1. The Bertz CT molecular complexity index is 714. The number of imidazole rings is 1. The standard InChI is InChI=1S/C18H26N4O3/c1-18(2,3)25-17(23)21-7-4-14(5-8-21)12-24-13-15-10-20-16-11-19-6-9-22(15)16/h6,9-11,14H,4-5,7-8,12-13H2,1-3H3. The van der Waals surface area contributed by atoms with Crippen molar-refractivity contribution in [1.29, 1.82) is 0 Å². The number of aromatic nitrogens is 3. The fourth-order valence-electron chi connectivity index (χ4n) is 2.94.